The number of para-hydroxylation sites is 1. The van der Waals surface area contributed by atoms with Crippen LogP contribution in [0.15, 0.2) is 29.1 Å². The van der Waals surface area contributed by atoms with Gasteiger partial charge < -0.3 is 4.74 Å². The first-order valence-corrected chi connectivity index (χ1v) is 6.20. The van der Waals surface area contributed by atoms with Crippen LogP contribution in [0, 0.1) is 5.82 Å². The Morgan fingerprint density at radius 2 is 2.26 bits per heavy atom. The van der Waals surface area contributed by atoms with Crippen LogP contribution in [-0.4, -0.2) is 10.2 Å². The Labute approximate surface area is 114 Å². The Balaban J connectivity index is 2.40. The highest BCUT2D eigenvalue weighted by Gasteiger charge is 2.13. The summed E-state index contributed by atoms with van der Waals surface area (Å²) >= 11 is 5.58. The maximum absolute atomic E-state index is 13.8. The summed E-state index contributed by atoms with van der Waals surface area (Å²) in [6, 6.07) is 5.77. The van der Waals surface area contributed by atoms with Crippen molar-refractivity contribution in [1.82, 2.24) is 10.2 Å². The van der Waals surface area contributed by atoms with E-state index in [2.05, 4.69) is 10.2 Å². The lowest BCUT2D eigenvalue weighted by molar-refractivity contribution is 0.412. The van der Waals surface area contributed by atoms with Crippen molar-refractivity contribution in [2.45, 2.75) is 19.8 Å². The SMILES string of the molecule is CCCc1cccc(F)c1Oc1n[nH]c(Cl)cc1=O. The molecule has 0 radical (unpaired) electrons. The van der Waals surface area contributed by atoms with Crippen LogP contribution in [0.25, 0.3) is 0 Å². The molecular weight excluding hydrogens is 271 g/mol. The number of aryl methyl sites for hydroxylation is 1. The van der Waals surface area contributed by atoms with Crippen molar-refractivity contribution in [3.05, 3.63) is 51.0 Å². The van der Waals surface area contributed by atoms with Crippen LogP contribution >= 0.6 is 11.6 Å². The van der Waals surface area contributed by atoms with Crippen molar-refractivity contribution in [1.29, 1.82) is 0 Å². The minimum absolute atomic E-state index is 0.0321. The van der Waals surface area contributed by atoms with E-state index in [1.807, 2.05) is 6.92 Å². The highest BCUT2D eigenvalue weighted by molar-refractivity contribution is 6.29. The summed E-state index contributed by atoms with van der Waals surface area (Å²) < 4.78 is 19.1. The van der Waals surface area contributed by atoms with E-state index in [1.54, 1.807) is 12.1 Å². The van der Waals surface area contributed by atoms with Gasteiger partial charge in [0.2, 0.25) is 5.43 Å². The molecule has 100 valence electrons. The van der Waals surface area contributed by atoms with Crippen molar-refractivity contribution >= 4 is 11.6 Å². The average Bonchev–Trinajstić information content (AvgIpc) is 2.36. The van der Waals surface area contributed by atoms with Crippen molar-refractivity contribution in [2.24, 2.45) is 0 Å². The first-order valence-electron chi connectivity index (χ1n) is 5.82. The minimum Gasteiger partial charge on any atom is -0.431 e. The Bertz CT molecular complexity index is 643. The molecule has 0 aliphatic heterocycles. The van der Waals surface area contributed by atoms with Crippen molar-refractivity contribution in [3.8, 4) is 11.6 Å². The zero-order chi connectivity index (χ0) is 13.8. The van der Waals surface area contributed by atoms with Gasteiger partial charge in [0.05, 0.1) is 0 Å². The number of rotatable bonds is 4. The Morgan fingerprint density at radius 3 is 2.95 bits per heavy atom. The number of benzene rings is 1. The van der Waals surface area contributed by atoms with Gasteiger partial charge in [0, 0.05) is 6.07 Å². The van der Waals surface area contributed by atoms with E-state index in [0.29, 0.717) is 12.0 Å². The van der Waals surface area contributed by atoms with E-state index in [4.69, 9.17) is 16.3 Å². The predicted molar refractivity (Wildman–Crippen MR) is 70.3 cm³/mol. The van der Waals surface area contributed by atoms with Gasteiger partial charge in [-0.1, -0.05) is 37.1 Å². The zero-order valence-corrected chi connectivity index (χ0v) is 11.0. The van der Waals surface area contributed by atoms with E-state index < -0.39 is 11.2 Å². The van der Waals surface area contributed by atoms with Crippen LogP contribution in [0.3, 0.4) is 0 Å². The molecular formula is C13H12ClFN2O2. The fourth-order valence-corrected chi connectivity index (χ4v) is 1.81. The normalized spacial score (nSPS) is 10.5. The predicted octanol–water partition coefficient (Wildman–Crippen LogP) is 3.31. The number of nitrogens with zero attached hydrogens (tertiary/aromatic N) is 1. The third kappa shape index (κ3) is 3.12. The average molecular weight is 283 g/mol. The second-order valence-corrected chi connectivity index (χ2v) is 4.37. The summed E-state index contributed by atoms with van der Waals surface area (Å²) in [5.41, 5.74) is 0.188. The summed E-state index contributed by atoms with van der Waals surface area (Å²) in [7, 11) is 0. The van der Waals surface area contributed by atoms with E-state index in [9.17, 15) is 9.18 Å². The first-order chi connectivity index (χ1) is 9.11. The van der Waals surface area contributed by atoms with Gasteiger partial charge in [-0.3, -0.25) is 9.89 Å². The van der Waals surface area contributed by atoms with Gasteiger partial charge in [0.15, 0.2) is 11.6 Å². The fourth-order valence-electron chi connectivity index (χ4n) is 1.67. The Hall–Kier alpha value is -1.88. The molecule has 0 saturated carbocycles. The van der Waals surface area contributed by atoms with Crippen LogP contribution in [0.4, 0.5) is 4.39 Å². The highest BCUT2D eigenvalue weighted by Crippen LogP contribution is 2.27. The van der Waals surface area contributed by atoms with Gasteiger partial charge in [0.25, 0.3) is 5.88 Å². The van der Waals surface area contributed by atoms with E-state index in [-0.39, 0.29) is 16.8 Å². The van der Waals surface area contributed by atoms with Crippen LogP contribution in [-0.2, 0) is 6.42 Å². The fraction of sp³-hybridized carbons (Fsp3) is 0.231. The number of halogens is 2. The summed E-state index contributed by atoms with van der Waals surface area (Å²) in [6.45, 7) is 1.97. The molecule has 19 heavy (non-hydrogen) atoms. The summed E-state index contributed by atoms with van der Waals surface area (Å²) in [4.78, 5) is 11.6. The number of hydrogen-bond acceptors (Lipinski definition) is 3. The second-order valence-electron chi connectivity index (χ2n) is 3.97. The maximum Gasteiger partial charge on any atom is 0.285 e. The monoisotopic (exact) mass is 282 g/mol. The van der Waals surface area contributed by atoms with E-state index in [1.165, 1.54) is 6.07 Å². The molecule has 4 nitrogen and oxygen atoms in total. The Morgan fingerprint density at radius 1 is 1.47 bits per heavy atom. The van der Waals surface area contributed by atoms with E-state index >= 15 is 0 Å². The second kappa shape index (κ2) is 5.84. The topological polar surface area (TPSA) is 55.0 Å². The molecule has 1 aromatic carbocycles. The van der Waals surface area contributed by atoms with Crippen LogP contribution in [0.1, 0.15) is 18.9 Å². The minimum atomic E-state index is -0.526. The van der Waals surface area contributed by atoms with Gasteiger partial charge in [0.1, 0.15) is 5.15 Å². The number of nitrogens with one attached hydrogen (secondary N) is 1. The number of ether oxygens (including phenoxy) is 1. The third-order valence-electron chi connectivity index (χ3n) is 2.50. The van der Waals surface area contributed by atoms with Gasteiger partial charge in [-0.05, 0) is 18.1 Å². The molecule has 0 aliphatic rings. The molecule has 0 amide bonds. The largest absolute Gasteiger partial charge is 0.431 e. The standard InChI is InChI=1S/C13H12ClFN2O2/c1-2-4-8-5-3-6-9(15)12(8)19-13-10(18)7-11(14)16-17-13/h3,5-7H,2,4H2,1H3,(H,16,18). The number of aromatic amines is 1. The van der Waals surface area contributed by atoms with Gasteiger partial charge >= 0.3 is 0 Å². The number of hydrogen-bond donors (Lipinski definition) is 1. The van der Waals surface area contributed by atoms with Crippen molar-refractivity contribution in [3.63, 3.8) is 0 Å². The van der Waals surface area contributed by atoms with Crippen LogP contribution < -0.4 is 10.2 Å². The number of aromatic nitrogens is 2. The molecule has 2 aromatic rings. The lowest BCUT2D eigenvalue weighted by Gasteiger charge is -2.10. The molecule has 0 aliphatic carbocycles. The van der Waals surface area contributed by atoms with E-state index in [0.717, 1.165) is 12.5 Å². The van der Waals surface area contributed by atoms with Crippen molar-refractivity contribution < 1.29 is 9.13 Å². The quantitative estimate of drug-likeness (QED) is 0.936. The molecule has 0 atom stereocenters. The zero-order valence-electron chi connectivity index (χ0n) is 10.2. The molecule has 0 fully saturated rings. The van der Waals surface area contributed by atoms with Crippen molar-refractivity contribution in [2.75, 3.05) is 0 Å². The molecule has 1 aromatic heterocycles. The summed E-state index contributed by atoms with van der Waals surface area (Å²) in [6.07, 6.45) is 1.49. The molecule has 0 bridgehead atoms. The lowest BCUT2D eigenvalue weighted by atomic mass is 10.1. The summed E-state index contributed by atoms with van der Waals surface area (Å²) in [5.74, 6) is -0.723. The van der Waals surface area contributed by atoms with Gasteiger partial charge in [-0.25, -0.2) is 4.39 Å². The highest BCUT2D eigenvalue weighted by atomic mass is 35.5. The molecule has 0 saturated heterocycles. The smallest absolute Gasteiger partial charge is 0.285 e. The molecule has 0 spiro atoms. The molecule has 1 heterocycles. The van der Waals surface area contributed by atoms with Gasteiger partial charge in [-0.15, -0.1) is 5.10 Å². The van der Waals surface area contributed by atoms with Crippen LogP contribution in [0.5, 0.6) is 11.6 Å². The maximum atomic E-state index is 13.8. The molecule has 1 N–H and O–H groups in total. The summed E-state index contributed by atoms with van der Waals surface area (Å²) in [5, 5.41) is 6.15. The van der Waals surface area contributed by atoms with Crippen LogP contribution in [0.2, 0.25) is 5.15 Å². The Kier molecular flexibility index (Phi) is 4.16. The first kappa shape index (κ1) is 13.5. The molecule has 0 unspecified atom stereocenters. The molecule has 2 rings (SSSR count). The molecule has 6 heteroatoms. The third-order valence-corrected chi connectivity index (χ3v) is 2.69. The number of H-pyrrole nitrogens is 1. The lowest BCUT2D eigenvalue weighted by Crippen LogP contribution is -2.09. The van der Waals surface area contributed by atoms with Gasteiger partial charge in [-0.2, -0.15) is 0 Å².